The van der Waals surface area contributed by atoms with Gasteiger partial charge >= 0.3 is 5.97 Å². The Balaban J connectivity index is 1.93. The molecule has 0 spiro atoms. The minimum atomic E-state index is -3.17. The van der Waals surface area contributed by atoms with Crippen molar-refractivity contribution in [1.82, 2.24) is 10.2 Å². The Bertz CT molecular complexity index is 566. The average Bonchev–Trinajstić information content (AvgIpc) is 2.82. The molecule has 1 unspecified atom stereocenters. The van der Waals surface area contributed by atoms with Crippen LogP contribution in [0.5, 0.6) is 0 Å². The molecule has 7 nitrogen and oxygen atoms in total. The number of nitrogens with zero attached hydrogens (tertiary/aromatic N) is 2. The lowest BCUT2D eigenvalue weighted by molar-refractivity contribution is -0.137. The molecular weight excluding hydrogens is 284 g/mol. The normalized spacial score (nSPS) is 21.7. The van der Waals surface area contributed by atoms with E-state index in [-0.39, 0.29) is 18.1 Å². The molecule has 1 aliphatic heterocycles. The van der Waals surface area contributed by atoms with E-state index >= 15 is 0 Å². The van der Waals surface area contributed by atoms with Gasteiger partial charge in [0, 0.05) is 12.8 Å². The van der Waals surface area contributed by atoms with Crippen LogP contribution in [0, 0.1) is 0 Å². The number of carboxylic acids is 1. The molecule has 1 aliphatic rings. The van der Waals surface area contributed by atoms with E-state index in [1.54, 1.807) is 0 Å². The molecule has 1 N–H and O–H groups in total. The van der Waals surface area contributed by atoms with E-state index < -0.39 is 21.1 Å². The summed E-state index contributed by atoms with van der Waals surface area (Å²) in [5.41, 5.74) is 0. The number of hydrogen-bond donors (Lipinski definition) is 1. The summed E-state index contributed by atoms with van der Waals surface area (Å²) in [6.45, 7) is 0. The van der Waals surface area contributed by atoms with Gasteiger partial charge in [-0.3, -0.25) is 4.79 Å². The van der Waals surface area contributed by atoms with E-state index in [0.29, 0.717) is 38.0 Å². The van der Waals surface area contributed by atoms with E-state index in [9.17, 15) is 13.2 Å². The molecule has 0 amide bonds. The summed E-state index contributed by atoms with van der Waals surface area (Å²) >= 11 is 0. The van der Waals surface area contributed by atoms with Gasteiger partial charge in [0.15, 0.2) is 9.84 Å². The average molecular weight is 302 g/mol. The van der Waals surface area contributed by atoms with E-state index in [0.717, 1.165) is 6.42 Å². The number of carboxylic acid groups (broad SMARTS) is 1. The van der Waals surface area contributed by atoms with Crippen LogP contribution in [0.4, 0.5) is 0 Å². The molecule has 20 heavy (non-hydrogen) atoms. The molecule has 0 aromatic carbocycles. The van der Waals surface area contributed by atoms with E-state index in [4.69, 9.17) is 9.52 Å². The van der Waals surface area contributed by atoms with Gasteiger partial charge in [-0.15, -0.1) is 10.2 Å². The molecule has 0 radical (unpaired) electrons. The third kappa shape index (κ3) is 3.78. The summed E-state index contributed by atoms with van der Waals surface area (Å²) in [4.78, 5) is 10.4. The summed E-state index contributed by atoms with van der Waals surface area (Å²) in [5.74, 6) is -0.0952. The van der Waals surface area contributed by atoms with Gasteiger partial charge in [-0.05, 0) is 25.7 Å². The zero-order valence-electron chi connectivity index (χ0n) is 11.1. The Hall–Kier alpha value is -1.44. The Kier molecular flexibility index (Phi) is 4.74. The van der Waals surface area contributed by atoms with E-state index in [1.165, 1.54) is 0 Å². The molecule has 0 aliphatic carbocycles. The number of rotatable bonds is 6. The summed E-state index contributed by atoms with van der Waals surface area (Å²) in [5, 5.41) is 15.5. The molecule has 0 bridgehead atoms. The zero-order chi connectivity index (χ0) is 14.6. The van der Waals surface area contributed by atoms with Gasteiger partial charge in [-0.1, -0.05) is 6.42 Å². The van der Waals surface area contributed by atoms with Gasteiger partial charge in [0.1, 0.15) is 5.25 Å². The molecule has 1 aromatic rings. The zero-order valence-corrected chi connectivity index (χ0v) is 11.9. The highest BCUT2D eigenvalue weighted by atomic mass is 32.2. The number of sulfone groups is 1. The van der Waals surface area contributed by atoms with Crippen LogP contribution in [-0.2, 0) is 21.1 Å². The Morgan fingerprint density at radius 3 is 2.80 bits per heavy atom. The van der Waals surface area contributed by atoms with Crippen LogP contribution >= 0.6 is 0 Å². The van der Waals surface area contributed by atoms with E-state index in [2.05, 4.69) is 10.2 Å². The van der Waals surface area contributed by atoms with Crippen molar-refractivity contribution < 1.29 is 22.7 Å². The molecule has 1 fully saturated rings. The SMILES string of the molecule is O=C(O)CCCCc1nnc(C2CCCCS2(=O)=O)o1. The number of unbranched alkanes of at least 4 members (excludes halogenated alkanes) is 1. The van der Waals surface area contributed by atoms with Crippen molar-refractivity contribution in [2.45, 2.75) is 50.2 Å². The van der Waals surface area contributed by atoms with Gasteiger partial charge in [-0.25, -0.2) is 8.42 Å². The molecule has 0 saturated carbocycles. The molecule has 2 heterocycles. The van der Waals surface area contributed by atoms with Gasteiger partial charge < -0.3 is 9.52 Å². The maximum absolute atomic E-state index is 11.9. The first-order valence-corrected chi connectivity index (χ1v) is 8.46. The fraction of sp³-hybridized carbons (Fsp3) is 0.750. The first-order chi connectivity index (χ1) is 9.49. The van der Waals surface area contributed by atoms with Crippen LogP contribution in [0.3, 0.4) is 0 Å². The smallest absolute Gasteiger partial charge is 0.303 e. The maximum Gasteiger partial charge on any atom is 0.303 e. The van der Waals surface area contributed by atoms with Gasteiger partial charge in [0.2, 0.25) is 11.8 Å². The summed E-state index contributed by atoms with van der Waals surface area (Å²) in [7, 11) is -3.17. The quantitative estimate of drug-likeness (QED) is 0.793. The monoisotopic (exact) mass is 302 g/mol. The summed E-state index contributed by atoms with van der Waals surface area (Å²) < 4.78 is 29.3. The van der Waals surface area contributed by atoms with Crippen molar-refractivity contribution in [3.63, 3.8) is 0 Å². The van der Waals surface area contributed by atoms with Gasteiger partial charge in [0.05, 0.1) is 5.75 Å². The second-order valence-electron chi connectivity index (χ2n) is 4.99. The first-order valence-electron chi connectivity index (χ1n) is 6.74. The number of hydrogen-bond acceptors (Lipinski definition) is 6. The third-order valence-electron chi connectivity index (χ3n) is 3.37. The second-order valence-corrected chi connectivity index (χ2v) is 7.29. The third-order valence-corrected chi connectivity index (χ3v) is 5.53. The van der Waals surface area contributed by atoms with Crippen molar-refractivity contribution >= 4 is 15.8 Å². The fourth-order valence-corrected chi connectivity index (χ4v) is 4.10. The van der Waals surface area contributed by atoms with Crippen LogP contribution in [0.25, 0.3) is 0 Å². The topological polar surface area (TPSA) is 110 Å². The molecule has 2 rings (SSSR count). The molecular formula is C12H18N2O5S. The van der Waals surface area contributed by atoms with Crippen molar-refractivity contribution in [3.8, 4) is 0 Å². The summed E-state index contributed by atoms with van der Waals surface area (Å²) in [6, 6.07) is 0. The second kappa shape index (κ2) is 6.34. The standard InChI is InChI=1S/C12H18N2O5S/c15-11(16)7-2-1-6-10-13-14-12(19-10)9-5-3-4-8-20(9,17)18/h9H,1-8H2,(H,15,16). The fourth-order valence-electron chi connectivity index (χ4n) is 2.28. The van der Waals surface area contributed by atoms with Crippen LogP contribution < -0.4 is 0 Å². The number of aliphatic carboxylic acids is 1. The van der Waals surface area contributed by atoms with Crippen molar-refractivity contribution in [1.29, 1.82) is 0 Å². The maximum atomic E-state index is 11.9. The lowest BCUT2D eigenvalue weighted by Gasteiger charge is -2.18. The van der Waals surface area contributed by atoms with Crippen LogP contribution in [-0.4, -0.2) is 35.4 Å². The molecule has 112 valence electrons. The summed E-state index contributed by atoms with van der Waals surface area (Å²) in [6.07, 6.45) is 3.82. The highest BCUT2D eigenvalue weighted by Gasteiger charge is 2.34. The lowest BCUT2D eigenvalue weighted by atomic mass is 10.2. The van der Waals surface area contributed by atoms with Crippen LogP contribution in [0.2, 0.25) is 0 Å². The number of aromatic nitrogens is 2. The van der Waals surface area contributed by atoms with E-state index in [1.807, 2.05) is 0 Å². The minimum Gasteiger partial charge on any atom is -0.481 e. The van der Waals surface area contributed by atoms with Crippen LogP contribution in [0.15, 0.2) is 4.42 Å². The molecule has 1 aromatic heterocycles. The predicted molar refractivity (Wildman–Crippen MR) is 69.9 cm³/mol. The van der Waals surface area contributed by atoms with Crippen LogP contribution in [0.1, 0.15) is 55.6 Å². The van der Waals surface area contributed by atoms with Crippen molar-refractivity contribution in [2.75, 3.05) is 5.75 Å². The molecule has 1 saturated heterocycles. The number of aryl methyl sites for hydroxylation is 1. The minimum absolute atomic E-state index is 0.109. The molecule has 1 atom stereocenters. The Morgan fingerprint density at radius 2 is 2.10 bits per heavy atom. The van der Waals surface area contributed by atoms with Gasteiger partial charge in [-0.2, -0.15) is 0 Å². The largest absolute Gasteiger partial charge is 0.481 e. The first kappa shape index (κ1) is 15.0. The highest BCUT2D eigenvalue weighted by Crippen LogP contribution is 2.32. The number of carbonyl (C=O) groups is 1. The highest BCUT2D eigenvalue weighted by molar-refractivity contribution is 7.91. The van der Waals surface area contributed by atoms with Crippen molar-refractivity contribution in [2.24, 2.45) is 0 Å². The lowest BCUT2D eigenvalue weighted by Crippen LogP contribution is -2.21. The Labute approximate surface area is 117 Å². The Morgan fingerprint density at radius 1 is 1.30 bits per heavy atom. The molecule has 8 heteroatoms. The van der Waals surface area contributed by atoms with Crippen molar-refractivity contribution in [3.05, 3.63) is 11.8 Å². The van der Waals surface area contributed by atoms with Gasteiger partial charge in [0.25, 0.3) is 0 Å². The predicted octanol–water partition coefficient (Wildman–Crippen LogP) is 1.51.